The van der Waals surface area contributed by atoms with Gasteiger partial charge in [-0.2, -0.15) is 0 Å². The van der Waals surface area contributed by atoms with Gasteiger partial charge < -0.3 is 19.8 Å². The molecule has 2 amide bonds. The summed E-state index contributed by atoms with van der Waals surface area (Å²) >= 11 is 1.20. The van der Waals surface area contributed by atoms with E-state index in [0.717, 1.165) is 0 Å². The van der Waals surface area contributed by atoms with E-state index < -0.39 is 5.97 Å². The van der Waals surface area contributed by atoms with Crippen LogP contribution >= 0.6 is 11.3 Å². The van der Waals surface area contributed by atoms with Gasteiger partial charge in [0.15, 0.2) is 0 Å². The highest BCUT2D eigenvalue weighted by Gasteiger charge is 2.24. The first-order chi connectivity index (χ1) is 12.1. The highest BCUT2D eigenvalue weighted by Crippen LogP contribution is 2.36. The van der Waals surface area contributed by atoms with Crippen molar-refractivity contribution in [2.75, 3.05) is 32.1 Å². The van der Waals surface area contributed by atoms with E-state index in [4.69, 9.17) is 9.15 Å². The maximum atomic E-state index is 12.3. The fraction of sp³-hybridized carbons (Fsp3) is 0.312. The van der Waals surface area contributed by atoms with Gasteiger partial charge in [-0.05, 0) is 19.1 Å². The van der Waals surface area contributed by atoms with Crippen molar-refractivity contribution in [1.29, 1.82) is 0 Å². The Morgan fingerprint density at radius 3 is 2.64 bits per heavy atom. The highest BCUT2D eigenvalue weighted by molar-refractivity contribution is 7.15. The summed E-state index contributed by atoms with van der Waals surface area (Å²) in [5, 5.41) is 9.91. The molecule has 25 heavy (non-hydrogen) atoms. The Morgan fingerprint density at radius 2 is 2.00 bits per heavy atom. The smallest absolute Gasteiger partial charge is 0.341 e. The van der Waals surface area contributed by atoms with Crippen LogP contribution in [0.15, 0.2) is 28.2 Å². The van der Waals surface area contributed by atoms with E-state index in [0.29, 0.717) is 16.3 Å². The van der Waals surface area contributed by atoms with Gasteiger partial charge in [-0.3, -0.25) is 14.9 Å². The van der Waals surface area contributed by atoms with E-state index in [-0.39, 0.29) is 37.1 Å². The zero-order valence-electron chi connectivity index (χ0n) is 13.9. The number of anilines is 1. The Kier molecular flexibility index (Phi) is 6.72. The van der Waals surface area contributed by atoms with Gasteiger partial charge in [0, 0.05) is 18.0 Å². The van der Waals surface area contributed by atoms with Crippen molar-refractivity contribution < 1.29 is 23.5 Å². The third kappa shape index (κ3) is 4.91. The number of rotatable bonds is 8. The number of thiophene rings is 1. The van der Waals surface area contributed by atoms with Gasteiger partial charge >= 0.3 is 5.97 Å². The molecular formula is C16H19N3O5S. The minimum atomic E-state index is -0.538. The van der Waals surface area contributed by atoms with Gasteiger partial charge in [0.2, 0.25) is 11.8 Å². The van der Waals surface area contributed by atoms with Crippen molar-refractivity contribution in [3.63, 3.8) is 0 Å². The topological polar surface area (TPSA) is 110 Å². The maximum Gasteiger partial charge on any atom is 0.341 e. The van der Waals surface area contributed by atoms with E-state index in [2.05, 4.69) is 16.0 Å². The van der Waals surface area contributed by atoms with Crippen LogP contribution in [-0.4, -0.2) is 44.5 Å². The SMILES string of the molecule is CCOC(=O)c1c(-c2ccco2)csc1NC(=O)CNCC(=O)NC. The Bertz CT molecular complexity index is 739. The second-order valence-electron chi connectivity index (χ2n) is 4.88. The lowest BCUT2D eigenvalue weighted by Gasteiger charge is -2.08. The first kappa shape index (κ1) is 18.7. The first-order valence-electron chi connectivity index (χ1n) is 7.60. The minimum absolute atomic E-state index is 0.0245. The van der Waals surface area contributed by atoms with Crippen LogP contribution < -0.4 is 16.0 Å². The maximum absolute atomic E-state index is 12.3. The van der Waals surface area contributed by atoms with E-state index in [9.17, 15) is 14.4 Å². The Balaban J connectivity index is 2.13. The minimum Gasteiger partial charge on any atom is -0.464 e. The quantitative estimate of drug-likeness (QED) is 0.611. The van der Waals surface area contributed by atoms with Crippen molar-refractivity contribution in [2.45, 2.75) is 6.92 Å². The van der Waals surface area contributed by atoms with Gasteiger partial charge in [-0.1, -0.05) is 0 Å². The first-order valence-corrected chi connectivity index (χ1v) is 8.48. The van der Waals surface area contributed by atoms with Crippen LogP contribution in [0.3, 0.4) is 0 Å². The standard InChI is InChI=1S/C16H19N3O5S/c1-3-23-16(22)14-10(11-5-4-6-24-11)9-25-15(14)19-13(21)8-18-7-12(20)17-2/h4-6,9,18H,3,7-8H2,1-2H3,(H,17,20)(H,19,21). The van der Waals surface area contributed by atoms with Crippen LogP contribution in [0.5, 0.6) is 0 Å². The van der Waals surface area contributed by atoms with Gasteiger partial charge in [0.25, 0.3) is 0 Å². The summed E-state index contributed by atoms with van der Waals surface area (Å²) in [6, 6.07) is 3.43. The van der Waals surface area contributed by atoms with Crippen molar-refractivity contribution >= 4 is 34.1 Å². The number of hydrogen-bond acceptors (Lipinski definition) is 7. The van der Waals surface area contributed by atoms with Gasteiger partial charge in [-0.25, -0.2) is 4.79 Å². The molecule has 0 fully saturated rings. The number of amides is 2. The molecule has 2 heterocycles. The lowest BCUT2D eigenvalue weighted by molar-refractivity contribution is -0.120. The van der Waals surface area contributed by atoms with E-state index in [1.165, 1.54) is 24.6 Å². The predicted octanol–water partition coefficient (Wildman–Crippen LogP) is 1.46. The Hall–Kier alpha value is -2.65. The van der Waals surface area contributed by atoms with Crippen LogP contribution in [-0.2, 0) is 14.3 Å². The summed E-state index contributed by atoms with van der Waals surface area (Å²) in [5.41, 5.74) is 0.809. The molecule has 0 radical (unpaired) electrons. The molecule has 0 aliphatic rings. The van der Waals surface area contributed by atoms with Crippen LogP contribution in [0.4, 0.5) is 5.00 Å². The normalized spacial score (nSPS) is 10.3. The molecule has 134 valence electrons. The largest absolute Gasteiger partial charge is 0.464 e. The van der Waals surface area contributed by atoms with Crippen molar-refractivity contribution in [1.82, 2.24) is 10.6 Å². The molecule has 0 saturated heterocycles. The third-order valence-corrected chi connectivity index (χ3v) is 4.06. The molecule has 9 heteroatoms. The highest BCUT2D eigenvalue weighted by atomic mass is 32.1. The van der Waals surface area contributed by atoms with Crippen LogP contribution in [0.25, 0.3) is 11.3 Å². The lowest BCUT2D eigenvalue weighted by Crippen LogP contribution is -2.36. The molecule has 2 aromatic rings. The molecule has 2 rings (SSSR count). The molecule has 0 saturated carbocycles. The van der Waals surface area contributed by atoms with Crippen LogP contribution in [0, 0.1) is 0 Å². The predicted molar refractivity (Wildman–Crippen MR) is 93.5 cm³/mol. The van der Waals surface area contributed by atoms with E-state index in [1.807, 2.05) is 0 Å². The monoisotopic (exact) mass is 365 g/mol. The summed E-state index contributed by atoms with van der Waals surface area (Å²) < 4.78 is 10.4. The molecule has 3 N–H and O–H groups in total. The van der Waals surface area contributed by atoms with E-state index >= 15 is 0 Å². The van der Waals surface area contributed by atoms with E-state index in [1.54, 1.807) is 24.4 Å². The summed E-state index contributed by atoms with van der Waals surface area (Å²) in [6.45, 7) is 1.88. The van der Waals surface area contributed by atoms with Gasteiger partial charge in [0.05, 0.1) is 26.0 Å². The molecule has 0 aliphatic carbocycles. The summed E-state index contributed by atoms with van der Waals surface area (Å²) in [7, 11) is 1.51. The second kappa shape index (κ2) is 9.00. The molecule has 0 spiro atoms. The fourth-order valence-corrected chi connectivity index (χ4v) is 2.97. The molecular weight excluding hydrogens is 346 g/mol. The molecule has 0 unspecified atom stereocenters. The molecule has 0 atom stereocenters. The molecule has 0 bridgehead atoms. The van der Waals surface area contributed by atoms with Crippen LogP contribution in [0.1, 0.15) is 17.3 Å². The lowest BCUT2D eigenvalue weighted by atomic mass is 10.1. The second-order valence-corrected chi connectivity index (χ2v) is 5.76. The number of furan rings is 1. The number of likely N-dealkylation sites (N-methyl/N-ethyl adjacent to an activating group) is 1. The van der Waals surface area contributed by atoms with Crippen molar-refractivity contribution in [3.8, 4) is 11.3 Å². The summed E-state index contributed by atoms with van der Waals surface area (Å²) in [4.78, 5) is 35.5. The molecule has 0 aliphatic heterocycles. The number of nitrogens with one attached hydrogen (secondary N) is 3. The zero-order chi connectivity index (χ0) is 18.2. The zero-order valence-corrected chi connectivity index (χ0v) is 14.7. The fourth-order valence-electron chi connectivity index (χ4n) is 2.02. The number of hydrogen-bond donors (Lipinski definition) is 3. The van der Waals surface area contributed by atoms with Gasteiger partial charge in [0.1, 0.15) is 16.3 Å². The summed E-state index contributed by atoms with van der Waals surface area (Å²) in [5.74, 6) is -0.625. The number of ether oxygens (including phenoxy) is 1. The average molecular weight is 365 g/mol. The molecule has 2 aromatic heterocycles. The average Bonchev–Trinajstić information content (AvgIpc) is 3.24. The number of carbonyl (C=O) groups is 3. The van der Waals surface area contributed by atoms with Crippen molar-refractivity contribution in [2.24, 2.45) is 0 Å². The molecule has 0 aromatic carbocycles. The Labute approximate surface area is 148 Å². The summed E-state index contributed by atoms with van der Waals surface area (Å²) in [6.07, 6.45) is 1.50. The van der Waals surface area contributed by atoms with Crippen LogP contribution in [0.2, 0.25) is 0 Å². The molecule has 8 nitrogen and oxygen atoms in total. The van der Waals surface area contributed by atoms with Gasteiger partial charge in [-0.15, -0.1) is 11.3 Å². The third-order valence-electron chi connectivity index (χ3n) is 3.16. The Morgan fingerprint density at radius 1 is 1.24 bits per heavy atom. The number of esters is 1. The number of carbonyl (C=O) groups excluding carboxylic acids is 3. The van der Waals surface area contributed by atoms with Crippen molar-refractivity contribution in [3.05, 3.63) is 29.3 Å².